The zero-order valence-electron chi connectivity index (χ0n) is 19.1. The molecule has 8 heteroatoms. The molecule has 0 unspecified atom stereocenters. The number of nitrogens with one attached hydrogen (secondary N) is 1. The van der Waals surface area contributed by atoms with Crippen molar-refractivity contribution in [3.05, 3.63) is 66.0 Å². The van der Waals surface area contributed by atoms with Crippen LogP contribution < -0.4 is 5.32 Å². The van der Waals surface area contributed by atoms with E-state index in [1.165, 1.54) is 24.8 Å². The van der Waals surface area contributed by atoms with Crippen LogP contribution in [0.3, 0.4) is 0 Å². The molecular weight excluding hydrogens is 450 g/mol. The second-order valence-electron chi connectivity index (χ2n) is 8.15. The van der Waals surface area contributed by atoms with E-state index in [0.717, 1.165) is 47.7 Å². The standard InChI is InChI=1S/C25H31N5OS2/c1-32-22-13-7-6-12-21(22)26-24(31)14-17-33-25-28-27-23(19-29-15-8-3-9-16-29)30(25)18-20-10-4-2-5-11-20/h2,4-7,10-13H,3,8-9,14-19H2,1H3,(H,26,31). The monoisotopic (exact) mass is 481 g/mol. The number of rotatable bonds is 10. The number of para-hydroxylation sites is 1. The fourth-order valence-electron chi connectivity index (χ4n) is 3.98. The number of hydrogen-bond acceptors (Lipinski definition) is 6. The van der Waals surface area contributed by atoms with Crippen molar-refractivity contribution in [2.75, 3.05) is 30.4 Å². The number of thioether (sulfide) groups is 2. The lowest BCUT2D eigenvalue weighted by Gasteiger charge is -2.26. The maximum Gasteiger partial charge on any atom is 0.225 e. The SMILES string of the molecule is CSc1ccccc1NC(=O)CCSc1nnc(CN2CCCCC2)n1Cc1ccccc1. The molecule has 0 aliphatic carbocycles. The van der Waals surface area contributed by atoms with Gasteiger partial charge in [0.05, 0.1) is 18.8 Å². The van der Waals surface area contributed by atoms with Gasteiger partial charge in [-0.1, -0.05) is 60.6 Å². The summed E-state index contributed by atoms with van der Waals surface area (Å²) in [7, 11) is 0. The predicted octanol–water partition coefficient (Wildman–Crippen LogP) is 5.16. The van der Waals surface area contributed by atoms with Gasteiger partial charge in [-0.05, 0) is 49.9 Å². The van der Waals surface area contributed by atoms with Gasteiger partial charge in [0.15, 0.2) is 5.16 Å². The zero-order chi connectivity index (χ0) is 22.9. The molecule has 33 heavy (non-hydrogen) atoms. The maximum absolute atomic E-state index is 12.5. The van der Waals surface area contributed by atoms with E-state index >= 15 is 0 Å². The predicted molar refractivity (Wildman–Crippen MR) is 137 cm³/mol. The lowest BCUT2D eigenvalue weighted by Crippen LogP contribution is -2.30. The molecule has 0 radical (unpaired) electrons. The van der Waals surface area contributed by atoms with Gasteiger partial charge >= 0.3 is 0 Å². The van der Waals surface area contributed by atoms with Gasteiger partial charge in [0.2, 0.25) is 5.91 Å². The van der Waals surface area contributed by atoms with Gasteiger partial charge in [-0.3, -0.25) is 9.69 Å². The van der Waals surface area contributed by atoms with Gasteiger partial charge in [-0.25, -0.2) is 0 Å². The highest BCUT2D eigenvalue weighted by molar-refractivity contribution is 7.99. The van der Waals surface area contributed by atoms with Crippen molar-refractivity contribution in [3.8, 4) is 0 Å². The van der Waals surface area contributed by atoms with E-state index in [0.29, 0.717) is 12.2 Å². The van der Waals surface area contributed by atoms with Gasteiger partial charge in [0, 0.05) is 17.1 Å². The third-order valence-corrected chi connectivity index (χ3v) is 7.50. The van der Waals surface area contributed by atoms with Crippen LogP contribution in [0.15, 0.2) is 64.6 Å². The molecule has 4 rings (SSSR count). The second kappa shape index (κ2) is 12.3. The Morgan fingerprint density at radius 3 is 2.52 bits per heavy atom. The van der Waals surface area contributed by atoms with Crippen LogP contribution in [0.4, 0.5) is 5.69 Å². The van der Waals surface area contributed by atoms with E-state index in [4.69, 9.17) is 0 Å². The average molecular weight is 482 g/mol. The Balaban J connectivity index is 1.40. The summed E-state index contributed by atoms with van der Waals surface area (Å²) in [5.74, 6) is 1.68. The van der Waals surface area contributed by atoms with Crippen molar-refractivity contribution in [1.82, 2.24) is 19.7 Å². The molecule has 174 valence electrons. The molecular formula is C25H31N5OS2. The van der Waals surface area contributed by atoms with Gasteiger partial charge in [-0.2, -0.15) is 0 Å². The summed E-state index contributed by atoms with van der Waals surface area (Å²) in [6.07, 6.45) is 6.26. The Hall–Kier alpha value is -2.29. The topological polar surface area (TPSA) is 63.1 Å². The number of nitrogens with zero attached hydrogens (tertiary/aromatic N) is 4. The van der Waals surface area contributed by atoms with Crippen molar-refractivity contribution in [1.29, 1.82) is 0 Å². The molecule has 0 spiro atoms. The van der Waals surface area contributed by atoms with Gasteiger partial charge in [0.1, 0.15) is 5.82 Å². The van der Waals surface area contributed by atoms with E-state index in [1.54, 1.807) is 23.5 Å². The molecule has 0 saturated carbocycles. The van der Waals surface area contributed by atoms with E-state index in [1.807, 2.05) is 36.6 Å². The summed E-state index contributed by atoms with van der Waals surface area (Å²) >= 11 is 3.24. The number of carbonyl (C=O) groups excluding carboxylic acids is 1. The van der Waals surface area contributed by atoms with Crippen molar-refractivity contribution >= 4 is 35.1 Å². The van der Waals surface area contributed by atoms with E-state index in [9.17, 15) is 4.79 Å². The largest absolute Gasteiger partial charge is 0.325 e. The summed E-state index contributed by atoms with van der Waals surface area (Å²) < 4.78 is 2.22. The van der Waals surface area contributed by atoms with Crippen LogP contribution in [-0.4, -0.2) is 50.7 Å². The fourth-order valence-corrected chi connectivity index (χ4v) is 5.43. The second-order valence-corrected chi connectivity index (χ2v) is 10.1. The molecule has 2 heterocycles. The minimum atomic E-state index is 0.0201. The van der Waals surface area contributed by atoms with Crippen LogP contribution in [-0.2, 0) is 17.9 Å². The highest BCUT2D eigenvalue weighted by Gasteiger charge is 2.18. The number of benzene rings is 2. The smallest absolute Gasteiger partial charge is 0.225 e. The minimum Gasteiger partial charge on any atom is -0.325 e. The first-order valence-electron chi connectivity index (χ1n) is 11.5. The molecule has 1 amide bonds. The first-order valence-corrected chi connectivity index (χ1v) is 13.7. The summed E-state index contributed by atoms with van der Waals surface area (Å²) in [6, 6.07) is 18.3. The minimum absolute atomic E-state index is 0.0201. The third-order valence-electron chi connectivity index (χ3n) is 5.73. The normalized spacial score (nSPS) is 14.3. The zero-order valence-corrected chi connectivity index (χ0v) is 20.7. The first kappa shape index (κ1) is 23.9. The molecule has 6 nitrogen and oxygen atoms in total. The van der Waals surface area contributed by atoms with Gasteiger partial charge in [-0.15, -0.1) is 22.0 Å². The molecule has 1 saturated heterocycles. The van der Waals surface area contributed by atoms with E-state index in [2.05, 4.69) is 49.2 Å². The quantitative estimate of drug-likeness (QED) is 0.404. The lowest BCUT2D eigenvalue weighted by atomic mass is 10.1. The molecule has 0 atom stereocenters. The number of amides is 1. The Morgan fingerprint density at radius 2 is 1.73 bits per heavy atom. The number of anilines is 1. The van der Waals surface area contributed by atoms with Crippen LogP contribution >= 0.6 is 23.5 Å². The van der Waals surface area contributed by atoms with Crippen LogP contribution in [0.25, 0.3) is 0 Å². The Labute approximate surface area is 204 Å². The fraction of sp³-hybridized carbons (Fsp3) is 0.400. The van der Waals surface area contributed by atoms with Crippen molar-refractivity contribution in [3.63, 3.8) is 0 Å². The summed E-state index contributed by atoms with van der Waals surface area (Å²) in [5, 5.41) is 13.0. The van der Waals surface area contributed by atoms with Crippen LogP contribution in [0, 0.1) is 0 Å². The number of aromatic nitrogens is 3. The highest BCUT2D eigenvalue weighted by atomic mass is 32.2. The number of carbonyl (C=O) groups is 1. The van der Waals surface area contributed by atoms with E-state index < -0.39 is 0 Å². The molecule has 2 aromatic carbocycles. The number of likely N-dealkylation sites (tertiary alicyclic amines) is 1. The molecule has 1 N–H and O–H groups in total. The lowest BCUT2D eigenvalue weighted by molar-refractivity contribution is -0.115. The van der Waals surface area contributed by atoms with Crippen molar-refractivity contribution in [2.24, 2.45) is 0 Å². The number of piperidine rings is 1. The summed E-state index contributed by atoms with van der Waals surface area (Å²) in [6.45, 7) is 3.82. The molecule has 1 fully saturated rings. The van der Waals surface area contributed by atoms with E-state index in [-0.39, 0.29) is 5.91 Å². The van der Waals surface area contributed by atoms with Crippen LogP contribution in [0.5, 0.6) is 0 Å². The third kappa shape index (κ3) is 6.85. The maximum atomic E-state index is 12.5. The highest BCUT2D eigenvalue weighted by Crippen LogP contribution is 2.25. The van der Waals surface area contributed by atoms with Gasteiger partial charge < -0.3 is 9.88 Å². The molecule has 3 aromatic rings. The summed E-state index contributed by atoms with van der Waals surface area (Å²) in [5.41, 5.74) is 2.10. The average Bonchev–Trinajstić information content (AvgIpc) is 3.21. The van der Waals surface area contributed by atoms with Crippen molar-refractivity contribution < 1.29 is 4.79 Å². The van der Waals surface area contributed by atoms with Gasteiger partial charge in [0.25, 0.3) is 0 Å². The number of hydrogen-bond donors (Lipinski definition) is 1. The Bertz CT molecular complexity index is 1030. The molecule has 0 bridgehead atoms. The molecule has 1 aliphatic heterocycles. The summed E-state index contributed by atoms with van der Waals surface area (Å²) in [4.78, 5) is 16.1. The Morgan fingerprint density at radius 1 is 0.970 bits per heavy atom. The Kier molecular flexibility index (Phi) is 8.86. The molecule has 1 aliphatic rings. The van der Waals surface area contributed by atoms with Crippen LogP contribution in [0.1, 0.15) is 37.1 Å². The van der Waals surface area contributed by atoms with Crippen LogP contribution in [0.2, 0.25) is 0 Å². The van der Waals surface area contributed by atoms with Crippen molar-refractivity contribution in [2.45, 2.75) is 48.8 Å². The first-order chi connectivity index (χ1) is 16.2. The molecule has 1 aromatic heterocycles.